The lowest BCUT2D eigenvalue weighted by molar-refractivity contribution is 0.0218. The maximum Gasteiger partial charge on any atom is 0.256 e. The molecule has 1 aliphatic heterocycles. The van der Waals surface area contributed by atoms with Gasteiger partial charge < -0.3 is 10.6 Å². The average Bonchev–Trinajstić information content (AvgIpc) is 2.50. The number of carbonyl (C=O) groups excluding carboxylic acids is 1. The molecule has 1 saturated heterocycles. The number of piperidine rings is 1. The highest BCUT2D eigenvalue weighted by molar-refractivity contribution is 5.99. The zero-order chi connectivity index (χ0) is 15.0. The van der Waals surface area contributed by atoms with Gasteiger partial charge >= 0.3 is 0 Å². The highest BCUT2D eigenvalue weighted by Gasteiger charge is 2.39. The second-order valence-electron chi connectivity index (χ2n) is 6.87. The van der Waals surface area contributed by atoms with Crippen molar-refractivity contribution in [3.8, 4) is 0 Å². The van der Waals surface area contributed by atoms with Crippen LogP contribution >= 0.6 is 0 Å². The normalized spacial score (nSPS) is 29.0. The van der Waals surface area contributed by atoms with Crippen molar-refractivity contribution < 1.29 is 4.79 Å². The van der Waals surface area contributed by atoms with E-state index in [1.54, 1.807) is 0 Å². The summed E-state index contributed by atoms with van der Waals surface area (Å²) in [5.74, 6) is 1.57. The average molecular weight is 286 g/mol. The first-order valence-corrected chi connectivity index (χ1v) is 8.25. The molecule has 0 bridgehead atoms. The van der Waals surface area contributed by atoms with Gasteiger partial charge in [0.1, 0.15) is 0 Å². The Balaban J connectivity index is 1.88. The Morgan fingerprint density at radius 3 is 2.81 bits per heavy atom. The number of nitrogens with two attached hydrogens (primary N) is 1. The van der Waals surface area contributed by atoms with Crippen LogP contribution in [-0.4, -0.2) is 23.4 Å². The lowest BCUT2D eigenvalue weighted by Crippen LogP contribution is -2.52. The summed E-state index contributed by atoms with van der Waals surface area (Å²) >= 11 is 0. The zero-order valence-corrected chi connectivity index (χ0v) is 13.1. The second kappa shape index (κ2) is 5.70. The molecule has 1 aliphatic carbocycles. The molecular formula is C18H26N2O. The number of aryl methyl sites for hydroxylation is 1. The minimum absolute atomic E-state index is 0.139. The predicted molar refractivity (Wildman–Crippen MR) is 86.2 cm³/mol. The van der Waals surface area contributed by atoms with E-state index in [9.17, 15) is 4.79 Å². The number of nitrogen functional groups attached to an aromatic ring is 1. The Labute approximate surface area is 127 Å². The Morgan fingerprint density at radius 1 is 1.24 bits per heavy atom. The van der Waals surface area contributed by atoms with Crippen LogP contribution in [0.2, 0.25) is 0 Å². The third kappa shape index (κ3) is 2.66. The summed E-state index contributed by atoms with van der Waals surface area (Å²) in [6, 6.07) is 6.18. The zero-order valence-electron chi connectivity index (χ0n) is 13.1. The van der Waals surface area contributed by atoms with Gasteiger partial charge in [-0.15, -0.1) is 0 Å². The van der Waals surface area contributed by atoms with E-state index in [4.69, 9.17) is 5.73 Å². The fourth-order valence-corrected chi connectivity index (χ4v) is 4.18. The molecule has 1 aromatic carbocycles. The van der Waals surface area contributed by atoms with Gasteiger partial charge in [0.15, 0.2) is 0 Å². The number of nitrogens with zero attached hydrogens (tertiary/aromatic N) is 1. The molecule has 2 N–H and O–H groups in total. The lowest BCUT2D eigenvalue weighted by atomic mass is 9.72. The molecule has 3 atom stereocenters. The van der Waals surface area contributed by atoms with Crippen molar-refractivity contribution in [3.05, 3.63) is 29.3 Å². The number of rotatable bonds is 1. The summed E-state index contributed by atoms with van der Waals surface area (Å²) in [5, 5.41) is 0. The van der Waals surface area contributed by atoms with Gasteiger partial charge in [0.25, 0.3) is 5.91 Å². The quantitative estimate of drug-likeness (QED) is 0.801. The summed E-state index contributed by atoms with van der Waals surface area (Å²) in [4.78, 5) is 15.1. The Morgan fingerprint density at radius 2 is 2.00 bits per heavy atom. The standard InChI is InChI=1S/C18H26N2O/c1-12-7-8-16(19)15(11-12)18(21)20-10-9-13(2)14-5-3-4-6-17(14)20/h7-8,11,13-14,17H,3-6,9-10,19H2,1-2H3. The van der Waals surface area contributed by atoms with Crippen LogP contribution in [0.4, 0.5) is 5.69 Å². The van der Waals surface area contributed by atoms with Gasteiger partial charge in [-0.05, 0) is 50.2 Å². The molecule has 0 spiro atoms. The van der Waals surface area contributed by atoms with Crippen molar-refractivity contribution in [1.29, 1.82) is 0 Å². The predicted octanol–water partition coefficient (Wildman–Crippen LogP) is 3.62. The van der Waals surface area contributed by atoms with Gasteiger partial charge in [-0.2, -0.15) is 0 Å². The number of likely N-dealkylation sites (tertiary alicyclic amines) is 1. The van der Waals surface area contributed by atoms with Crippen molar-refractivity contribution in [2.24, 2.45) is 11.8 Å². The number of hydrogen-bond acceptors (Lipinski definition) is 2. The van der Waals surface area contributed by atoms with E-state index in [1.165, 1.54) is 19.3 Å². The summed E-state index contributed by atoms with van der Waals surface area (Å²) in [5.41, 5.74) is 8.44. The van der Waals surface area contributed by atoms with Gasteiger partial charge in [0.2, 0.25) is 0 Å². The number of amides is 1. The summed E-state index contributed by atoms with van der Waals surface area (Å²) in [7, 11) is 0. The van der Waals surface area contributed by atoms with Gasteiger partial charge in [-0.25, -0.2) is 0 Å². The number of anilines is 1. The molecule has 3 nitrogen and oxygen atoms in total. The highest BCUT2D eigenvalue weighted by atomic mass is 16.2. The largest absolute Gasteiger partial charge is 0.398 e. The second-order valence-corrected chi connectivity index (χ2v) is 6.87. The SMILES string of the molecule is Cc1ccc(N)c(C(=O)N2CCC(C)C3CCCCC32)c1. The van der Waals surface area contributed by atoms with Crippen LogP contribution in [0.25, 0.3) is 0 Å². The lowest BCUT2D eigenvalue weighted by Gasteiger charge is -2.47. The maximum atomic E-state index is 13.0. The van der Waals surface area contributed by atoms with E-state index in [1.807, 2.05) is 25.1 Å². The molecule has 1 heterocycles. The van der Waals surface area contributed by atoms with Crippen LogP contribution < -0.4 is 5.73 Å². The first kappa shape index (κ1) is 14.4. The van der Waals surface area contributed by atoms with Gasteiger partial charge in [0, 0.05) is 18.3 Å². The number of fused-ring (bicyclic) bond motifs is 1. The van der Waals surface area contributed by atoms with Gasteiger partial charge in [-0.3, -0.25) is 4.79 Å². The van der Waals surface area contributed by atoms with E-state index in [0.29, 0.717) is 23.2 Å². The third-order valence-corrected chi connectivity index (χ3v) is 5.44. The minimum Gasteiger partial charge on any atom is -0.398 e. The van der Waals surface area contributed by atoms with Crippen molar-refractivity contribution >= 4 is 11.6 Å². The van der Waals surface area contributed by atoms with E-state index in [0.717, 1.165) is 30.9 Å². The van der Waals surface area contributed by atoms with Crippen LogP contribution in [-0.2, 0) is 0 Å². The number of carbonyl (C=O) groups is 1. The molecular weight excluding hydrogens is 260 g/mol. The fourth-order valence-electron chi connectivity index (χ4n) is 4.18. The van der Waals surface area contributed by atoms with Crippen LogP contribution in [0.3, 0.4) is 0 Å². The van der Waals surface area contributed by atoms with E-state index < -0.39 is 0 Å². The first-order chi connectivity index (χ1) is 10.1. The molecule has 114 valence electrons. The molecule has 21 heavy (non-hydrogen) atoms. The van der Waals surface area contributed by atoms with Crippen molar-refractivity contribution in [2.45, 2.75) is 52.0 Å². The van der Waals surface area contributed by atoms with Crippen molar-refractivity contribution in [3.63, 3.8) is 0 Å². The Bertz CT molecular complexity index is 540. The van der Waals surface area contributed by atoms with Gasteiger partial charge in [0.05, 0.1) is 5.56 Å². The van der Waals surface area contributed by atoms with Crippen LogP contribution in [0.15, 0.2) is 18.2 Å². The molecule has 1 saturated carbocycles. The van der Waals surface area contributed by atoms with Crippen LogP contribution in [0.5, 0.6) is 0 Å². The fraction of sp³-hybridized carbons (Fsp3) is 0.611. The molecule has 1 amide bonds. The summed E-state index contributed by atoms with van der Waals surface area (Å²) < 4.78 is 0. The third-order valence-electron chi connectivity index (χ3n) is 5.44. The smallest absolute Gasteiger partial charge is 0.256 e. The highest BCUT2D eigenvalue weighted by Crippen LogP contribution is 2.39. The molecule has 1 aromatic rings. The first-order valence-electron chi connectivity index (χ1n) is 8.25. The number of hydrogen-bond donors (Lipinski definition) is 1. The van der Waals surface area contributed by atoms with E-state index in [2.05, 4.69) is 11.8 Å². The number of benzene rings is 1. The molecule has 3 heteroatoms. The minimum atomic E-state index is 0.139. The molecule has 2 aliphatic rings. The summed E-state index contributed by atoms with van der Waals surface area (Å²) in [6.45, 7) is 5.25. The van der Waals surface area contributed by atoms with Crippen molar-refractivity contribution in [1.82, 2.24) is 4.90 Å². The molecule has 2 fully saturated rings. The summed E-state index contributed by atoms with van der Waals surface area (Å²) in [6.07, 6.45) is 6.13. The Kier molecular flexibility index (Phi) is 3.92. The van der Waals surface area contributed by atoms with Crippen LogP contribution in [0.1, 0.15) is 54.9 Å². The van der Waals surface area contributed by atoms with E-state index in [-0.39, 0.29) is 5.91 Å². The van der Waals surface area contributed by atoms with Crippen molar-refractivity contribution in [2.75, 3.05) is 12.3 Å². The Hall–Kier alpha value is -1.51. The molecule has 3 rings (SSSR count). The van der Waals surface area contributed by atoms with Crippen LogP contribution in [0, 0.1) is 18.8 Å². The maximum absolute atomic E-state index is 13.0. The molecule has 0 radical (unpaired) electrons. The topological polar surface area (TPSA) is 46.3 Å². The van der Waals surface area contributed by atoms with E-state index >= 15 is 0 Å². The molecule has 3 unspecified atom stereocenters. The van der Waals surface area contributed by atoms with Gasteiger partial charge in [-0.1, -0.05) is 31.4 Å². The monoisotopic (exact) mass is 286 g/mol. The molecule has 0 aromatic heterocycles.